The second-order valence-corrected chi connectivity index (χ2v) is 5.85. The summed E-state index contributed by atoms with van der Waals surface area (Å²) in [5.41, 5.74) is 4.24. The molecule has 102 valence electrons. The Hall–Kier alpha value is -0.460. The van der Waals surface area contributed by atoms with Crippen LogP contribution >= 0.6 is 7.82 Å². The first-order valence-corrected chi connectivity index (χ1v) is 6.63. The van der Waals surface area contributed by atoms with E-state index in [0.717, 1.165) is 0 Å². The van der Waals surface area contributed by atoms with Crippen molar-refractivity contribution in [1.29, 1.82) is 0 Å². The lowest BCUT2D eigenvalue weighted by Gasteiger charge is -2.23. The van der Waals surface area contributed by atoms with Gasteiger partial charge in [0.1, 0.15) is 6.10 Å². The highest BCUT2D eigenvalue weighted by Crippen LogP contribution is 2.47. The molecule has 0 amide bonds. The Balaban J connectivity index is 4.10. The summed E-state index contributed by atoms with van der Waals surface area (Å²) in [7, 11) is -4.14. The SMILES string of the molecule is CC(COP(=O)(O)OC(C)(C)C)OC(=O)CN. The fourth-order valence-electron chi connectivity index (χ4n) is 0.878. The first-order chi connectivity index (χ1) is 7.56. The van der Waals surface area contributed by atoms with Crippen molar-refractivity contribution in [2.24, 2.45) is 5.73 Å². The summed E-state index contributed by atoms with van der Waals surface area (Å²) in [5.74, 6) is -0.606. The van der Waals surface area contributed by atoms with Crippen LogP contribution in [0.2, 0.25) is 0 Å². The fraction of sp³-hybridized carbons (Fsp3) is 0.889. The zero-order valence-corrected chi connectivity index (χ0v) is 11.4. The van der Waals surface area contributed by atoms with Gasteiger partial charge in [0, 0.05) is 0 Å². The van der Waals surface area contributed by atoms with Gasteiger partial charge in [-0.1, -0.05) is 0 Å². The number of ether oxygens (including phenoxy) is 1. The van der Waals surface area contributed by atoms with E-state index in [2.05, 4.69) is 4.52 Å². The summed E-state index contributed by atoms with van der Waals surface area (Å²) >= 11 is 0. The Bertz CT molecular complexity index is 300. The van der Waals surface area contributed by atoms with Crippen LogP contribution < -0.4 is 5.73 Å². The predicted molar refractivity (Wildman–Crippen MR) is 61.2 cm³/mol. The smallest absolute Gasteiger partial charge is 0.459 e. The third-order valence-electron chi connectivity index (χ3n) is 1.36. The molecule has 0 aliphatic heterocycles. The van der Waals surface area contributed by atoms with Crippen molar-refractivity contribution in [1.82, 2.24) is 0 Å². The standard InChI is InChI=1S/C9H20NO6P/c1-7(15-8(11)5-10)6-14-17(12,13)16-9(2,3)4/h7H,5-6,10H2,1-4H3,(H,12,13). The average Bonchev–Trinajstić information content (AvgIpc) is 2.11. The van der Waals surface area contributed by atoms with Gasteiger partial charge in [-0.05, 0) is 27.7 Å². The minimum Gasteiger partial charge on any atom is -0.459 e. The summed E-state index contributed by atoms with van der Waals surface area (Å²) < 4.78 is 25.7. The predicted octanol–water partition coefficient (Wildman–Crippen LogP) is 0.809. The number of phosphoric acid groups is 1. The molecular formula is C9H20NO6P. The maximum absolute atomic E-state index is 11.4. The average molecular weight is 269 g/mol. The van der Waals surface area contributed by atoms with Gasteiger partial charge in [-0.2, -0.15) is 0 Å². The maximum Gasteiger partial charge on any atom is 0.472 e. The molecule has 0 aliphatic carbocycles. The molecular weight excluding hydrogens is 249 g/mol. The van der Waals surface area contributed by atoms with Gasteiger partial charge in [0.05, 0.1) is 18.8 Å². The summed E-state index contributed by atoms with van der Waals surface area (Å²) in [5, 5.41) is 0. The Labute approximate surface area is 101 Å². The molecule has 0 saturated heterocycles. The molecule has 0 aromatic rings. The monoisotopic (exact) mass is 269 g/mol. The van der Waals surface area contributed by atoms with E-state index in [1.165, 1.54) is 6.92 Å². The summed E-state index contributed by atoms with van der Waals surface area (Å²) in [6, 6.07) is 0. The molecule has 3 N–H and O–H groups in total. The number of nitrogens with two attached hydrogens (primary N) is 1. The lowest BCUT2D eigenvalue weighted by atomic mass is 10.2. The Kier molecular flexibility index (Phi) is 6.29. The number of hydrogen-bond donors (Lipinski definition) is 2. The first-order valence-electron chi connectivity index (χ1n) is 5.13. The van der Waals surface area contributed by atoms with E-state index in [9.17, 15) is 14.3 Å². The lowest BCUT2D eigenvalue weighted by Crippen LogP contribution is -2.25. The van der Waals surface area contributed by atoms with Gasteiger partial charge >= 0.3 is 13.8 Å². The number of esters is 1. The molecule has 0 aromatic heterocycles. The van der Waals surface area contributed by atoms with Gasteiger partial charge in [-0.25, -0.2) is 4.57 Å². The van der Waals surface area contributed by atoms with Crippen molar-refractivity contribution in [2.45, 2.75) is 39.4 Å². The minimum absolute atomic E-state index is 0.240. The number of hydrogen-bond acceptors (Lipinski definition) is 6. The highest BCUT2D eigenvalue weighted by Gasteiger charge is 2.29. The Morgan fingerprint density at radius 1 is 1.47 bits per heavy atom. The van der Waals surface area contributed by atoms with E-state index in [4.69, 9.17) is 15.0 Å². The summed E-state index contributed by atoms with van der Waals surface area (Å²) in [6.07, 6.45) is -0.671. The molecule has 0 fully saturated rings. The number of carbonyl (C=O) groups excluding carboxylic acids is 1. The normalized spacial score (nSPS) is 17.3. The van der Waals surface area contributed by atoms with E-state index in [1.54, 1.807) is 20.8 Å². The van der Waals surface area contributed by atoms with Crippen molar-refractivity contribution in [3.05, 3.63) is 0 Å². The first kappa shape index (κ1) is 16.5. The third-order valence-corrected chi connectivity index (χ3v) is 2.61. The van der Waals surface area contributed by atoms with Crippen LogP contribution in [-0.2, 0) is 23.1 Å². The van der Waals surface area contributed by atoms with Crippen LogP contribution in [0.1, 0.15) is 27.7 Å². The molecule has 0 spiro atoms. The van der Waals surface area contributed by atoms with Gasteiger partial charge in [0.2, 0.25) is 0 Å². The van der Waals surface area contributed by atoms with Crippen molar-refractivity contribution >= 4 is 13.8 Å². The van der Waals surface area contributed by atoms with Crippen LogP contribution in [0, 0.1) is 0 Å². The molecule has 2 unspecified atom stereocenters. The topological polar surface area (TPSA) is 108 Å². The number of carbonyl (C=O) groups is 1. The van der Waals surface area contributed by atoms with E-state index < -0.39 is 25.5 Å². The van der Waals surface area contributed by atoms with Crippen LogP contribution in [0.3, 0.4) is 0 Å². The second kappa shape index (κ2) is 6.47. The number of rotatable bonds is 6. The molecule has 17 heavy (non-hydrogen) atoms. The molecule has 0 rings (SSSR count). The van der Waals surface area contributed by atoms with Gasteiger partial charge in [-0.15, -0.1) is 0 Å². The minimum atomic E-state index is -4.14. The molecule has 2 atom stereocenters. The van der Waals surface area contributed by atoms with Gasteiger partial charge < -0.3 is 15.4 Å². The van der Waals surface area contributed by atoms with Crippen molar-refractivity contribution in [3.8, 4) is 0 Å². The highest BCUT2D eigenvalue weighted by molar-refractivity contribution is 7.47. The van der Waals surface area contributed by atoms with E-state index >= 15 is 0 Å². The van der Waals surface area contributed by atoms with E-state index in [0.29, 0.717) is 0 Å². The second-order valence-electron chi connectivity index (χ2n) is 4.47. The van der Waals surface area contributed by atoms with E-state index in [1.807, 2.05) is 0 Å². The maximum atomic E-state index is 11.4. The van der Waals surface area contributed by atoms with Gasteiger partial charge in [0.15, 0.2) is 0 Å². The molecule has 0 bridgehead atoms. The Morgan fingerprint density at radius 3 is 2.41 bits per heavy atom. The molecule has 0 aliphatic rings. The van der Waals surface area contributed by atoms with Crippen molar-refractivity contribution < 1.29 is 28.0 Å². The Morgan fingerprint density at radius 2 is 2.00 bits per heavy atom. The molecule has 7 nitrogen and oxygen atoms in total. The molecule has 0 aromatic carbocycles. The van der Waals surface area contributed by atoms with Crippen LogP contribution in [-0.4, -0.2) is 35.7 Å². The molecule has 0 saturated carbocycles. The van der Waals surface area contributed by atoms with Crippen LogP contribution in [0.25, 0.3) is 0 Å². The number of phosphoric ester groups is 1. The fourth-order valence-corrected chi connectivity index (χ4v) is 2.02. The quantitative estimate of drug-likeness (QED) is 0.542. The molecule has 0 radical (unpaired) electrons. The van der Waals surface area contributed by atoms with Crippen LogP contribution in [0.5, 0.6) is 0 Å². The zero-order valence-electron chi connectivity index (χ0n) is 10.5. The van der Waals surface area contributed by atoms with Crippen LogP contribution in [0.4, 0.5) is 0 Å². The van der Waals surface area contributed by atoms with Crippen molar-refractivity contribution in [3.63, 3.8) is 0 Å². The van der Waals surface area contributed by atoms with Crippen LogP contribution in [0.15, 0.2) is 0 Å². The van der Waals surface area contributed by atoms with Gasteiger partial charge in [0.25, 0.3) is 0 Å². The third kappa shape index (κ3) is 9.26. The lowest BCUT2D eigenvalue weighted by molar-refractivity contribution is -0.148. The summed E-state index contributed by atoms with van der Waals surface area (Å²) in [4.78, 5) is 20.1. The zero-order chi connectivity index (χ0) is 13.7. The summed E-state index contributed by atoms with van der Waals surface area (Å²) in [6.45, 7) is 5.89. The highest BCUT2D eigenvalue weighted by atomic mass is 31.2. The van der Waals surface area contributed by atoms with Gasteiger partial charge in [-0.3, -0.25) is 13.8 Å². The molecule has 0 heterocycles. The van der Waals surface area contributed by atoms with Crippen molar-refractivity contribution in [2.75, 3.05) is 13.2 Å². The van der Waals surface area contributed by atoms with E-state index in [-0.39, 0.29) is 13.2 Å². The largest absolute Gasteiger partial charge is 0.472 e. The molecule has 8 heteroatoms.